The number of nitrogens with zero attached hydrogens (tertiary/aromatic N) is 3. The Bertz CT molecular complexity index is 558. The summed E-state index contributed by atoms with van der Waals surface area (Å²) >= 11 is 0. The third-order valence-corrected chi connectivity index (χ3v) is 5.21. The molecule has 0 spiro atoms. The van der Waals surface area contributed by atoms with Crippen LogP contribution in [0.3, 0.4) is 0 Å². The van der Waals surface area contributed by atoms with E-state index in [4.69, 9.17) is 0 Å². The fourth-order valence-electron chi connectivity index (χ4n) is 3.78. The van der Waals surface area contributed by atoms with Crippen molar-refractivity contribution in [1.82, 2.24) is 20.0 Å². The zero-order valence-electron chi connectivity index (χ0n) is 14.8. The molecule has 1 unspecified atom stereocenters. The first-order valence-corrected chi connectivity index (χ1v) is 9.13. The molecule has 0 saturated carbocycles. The van der Waals surface area contributed by atoms with E-state index in [9.17, 15) is 4.79 Å². The lowest BCUT2D eigenvalue weighted by atomic mass is 9.91. The van der Waals surface area contributed by atoms with Crippen molar-refractivity contribution in [1.29, 1.82) is 0 Å². The Hall–Kier alpha value is -1.36. The average molecular weight is 318 g/mol. The van der Waals surface area contributed by atoms with Crippen LogP contribution >= 0.6 is 0 Å². The van der Waals surface area contributed by atoms with E-state index in [1.165, 1.54) is 17.7 Å². The second kappa shape index (κ2) is 7.04. The summed E-state index contributed by atoms with van der Waals surface area (Å²) in [6, 6.07) is 0.482. The maximum absolute atomic E-state index is 12.8. The van der Waals surface area contributed by atoms with Crippen LogP contribution in [-0.4, -0.2) is 46.3 Å². The molecule has 1 aromatic rings. The van der Waals surface area contributed by atoms with Crippen LogP contribution in [0.25, 0.3) is 0 Å². The lowest BCUT2D eigenvalue weighted by Gasteiger charge is -2.25. The minimum absolute atomic E-state index is 0.141. The van der Waals surface area contributed by atoms with Gasteiger partial charge in [0.05, 0.1) is 0 Å². The van der Waals surface area contributed by atoms with Gasteiger partial charge in [0, 0.05) is 37.4 Å². The van der Waals surface area contributed by atoms with Crippen LogP contribution in [0.4, 0.5) is 0 Å². The highest BCUT2D eigenvalue weighted by Gasteiger charge is 2.31. The first-order chi connectivity index (χ1) is 11.1. The number of aryl methyl sites for hydroxylation is 1. The highest BCUT2D eigenvalue weighted by atomic mass is 16.2. The molecule has 1 aromatic heterocycles. The molecule has 23 heavy (non-hydrogen) atoms. The maximum atomic E-state index is 12.8. The third kappa shape index (κ3) is 3.60. The number of fused-ring (bicyclic) bond motifs is 1. The molecule has 1 N–H and O–H groups in total. The zero-order chi connectivity index (χ0) is 16.4. The zero-order valence-corrected chi connectivity index (χ0v) is 14.8. The molecule has 0 radical (unpaired) electrons. The Labute approximate surface area is 139 Å². The lowest BCUT2D eigenvalue weighted by Crippen LogP contribution is -2.36. The number of amides is 1. The number of hydrogen-bond donors (Lipinski definition) is 1. The van der Waals surface area contributed by atoms with Crippen LogP contribution in [0.5, 0.6) is 0 Å². The molecule has 1 saturated heterocycles. The molecule has 5 heteroatoms. The SMILES string of the molecule is CC(C)CCNC1CCc2c(c(C(=O)N3CCCC3)nn2C)C1. The molecule has 128 valence electrons. The van der Waals surface area contributed by atoms with Gasteiger partial charge in [-0.25, -0.2) is 0 Å². The monoisotopic (exact) mass is 318 g/mol. The van der Waals surface area contributed by atoms with Crippen molar-refractivity contribution in [2.75, 3.05) is 19.6 Å². The summed E-state index contributed by atoms with van der Waals surface area (Å²) in [5.41, 5.74) is 3.16. The Morgan fingerprint density at radius 1 is 1.35 bits per heavy atom. The highest BCUT2D eigenvalue weighted by molar-refractivity contribution is 5.94. The normalized spacial score (nSPS) is 21.0. The van der Waals surface area contributed by atoms with Gasteiger partial charge in [-0.05, 0) is 51.0 Å². The number of rotatable bonds is 5. The highest BCUT2D eigenvalue weighted by Crippen LogP contribution is 2.26. The molecule has 1 aliphatic heterocycles. The van der Waals surface area contributed by atoms with Crippen LogP contribution in [0.2, 0.25) is 0 Å². The van der Waals surface area contributed by atoms with Gasteiger partial charge in [-0.15, -0.1) is 0 Å². The van der Waals surface area contributed by atoms with Gasteiger partial charge in [0.1, 0.15) is 0 Å². The predicted molar refractivity (Wildman–Crippen MR) is 91.6 cm³/mol. The first-order valence-electron chi connectivity index (χ1n) is 9.13. The summed E-state index contributed by atoms with van der Waals surface area (Å²) in [6.45, 7) is 7.36. The third-order valence-electron chi connectivity index (χ3n) is 5.21. The molecule has 3 rings (SSSR count). The van der Waals surface area contributed by atoms with Crippen LogP contribution in [-0.2, 0) is 19.9 Å². The van der Waals surface area contributed by atoms with Gasteiger partial charge in [0.2, 0.25) is 0 Å². The number of likely N-dealkylation sites (tertiary alicyclic amines) is 1. The second-order valence-corrected chi connectivity index (χ2v) is 7.47. The smallest absolute Gasteiger partial charge is 0.274 e. The van der Waals surface area contributed by atoms with Crippen molar-refractivity contribution < 1.29 is 4.79 Å². The van der Waals surface area contributed by atoms with Gasteiger partial charge in [-0.2, -0.15) is 5.10 Å². The molecule has 1 atom stereocenters. The van der Waals surface area contributed by atoms with E-state index in [1.54, 1.807) is 0 Å². The van der Waals surface area contributed by atoms with Crippen molar-refractivity contribution in [3.05, 3.63) is 17.0 Å². The number of carbonyl (C=O) groups is 1. The van der Waals surface area contributed by atoms with Crippen LogP contribution < -0.4 is 5.32 Å². The van der Waals surface area contributed by atoms with Crippen molar-refractivity contribution >= 4 is 5.91 Å². The molecule has 5 nitrogen and oxygen atoms in total. The van der Waals surface area contributed by atoms with E-state index < -0.39 is 0 Å². The summed E-state index contributed by atoms with van der Waals surface area (Å²) in [6.07, 6.45) is 6.56. The molecule has 1 fully saturated rings. The minimum atomic E-state index is 0.141. The fourth-order valence-corrected chi connectivity index (χ4v) is 3.78. The van der Waals surface area contributed by atoms with Crippen LogP contribution in [0, 0.1) is 5.92 Å². The fraction of sp³-hybridized carbons (Fsp3) is 0.778. The van der Waals surface area contributed by atoms with Gasteiger partial charge < -0.3 is 10.2 Å². The van der Waals surface area contributed by atoms with E-state index >= 15 is 0 Å². The predicted octanol–water partition coefficient (Wildman–Crippen LogP) is 2.15. The molecule has 1 aliphatic carbocycles. The van der Waals surface area contributed by atoms with Gasteiger partial charge in [0.15, 0.2) is 5.69 Å². The Kier molecular flexibility index (Phi) is 5.05. The van der Waals surface area contributed by atoms with Gasteiger partial charge in [-0.3, -0.25) is 9.48 Å². The van der Waals surface area contributed by atoms with Crippen LogP contribution in [0.1, 0.15) is 61.3 Å². The standard InChI is InChI=1S/C18H30N4O/c1-13(2)8-9-19-14-6-7-16-15(12-14)17(20-21(16)3)18(23)22-10-4-5-11-22/h13-14,19H,4-12H2,1-3H3. The summed E-state index contributed by atoms with van der Waals surface area (Å²) in [4.78, 5) is 14.7. The summed E-state index contributed by atoms with van der Waals surface area (Å²) in [5.74, 6) is 0.870. The van der Waals surface area contributed by atoms with E-state index in [0.717, 1.165) is 57.7 Å². The number of hydrogen-bond acceptors (Lipinski definition) is 3. The summed E-state index contributed by atoms with van der Waals surface area (Å²) in [7, 11) is 1.98. The molecule has 2 heterocycles. The second-order valence-electron chi connectivity index (χ2n) is 7.47. The van der Waals surface area contributed by atoms with Crippen molar-refractivity contribution in [3.8, 4) is 0 Å². The quantitative estimate of drug-likeness (QED) is 0.905. The van der Waals surface area contributed by atoms with Crippen molar-refractivity contribution in [2.24, 2.45) is 13.0 Å². The molecule has 1 amide bonds. The topological polar surface area (TPSA) is 50.2 Å². The lowest BCUT2D eigenvalue weighted by molar-refractivity contribution is 0.0785. The largest absolute Gasteiger partial charge is 0.337 e. The Balaban J connectivity index is 1.71. The Morgan fingerprint density at radius 2 is 2.09 bits per heavy atom. The van der Waals surface area contributed by atoms with Crippen molar-refractivity contribution in [2.45, 2.75) is 58.4 Å². The summed E-state index contributed by atoms with van der Waals surface area (Å²) < 4.78 is 1.93. The van der Waals surface area contributed by atoms with Crippen LogP contribution in [0.15, 0.2) is 0 Å². The van der Waals surface area contributed by atoms with E-state index in [1.807, 2.05) is 16.6 Å². The van der Waals surface area contributed by atoms with Gasteiger partial charge in [-0.1, -0.05) is 13.8 Å². The van der Waals surface area contributed by atoms with E-state index in [0.29, 0.717) is 11.7 Å². The van der Waals surface area contributed by atoms with Gasteiger partial charge in [0.25, 0.3) is 5.91 Å². The van der Waals surface area contributed by atoms with Gasteiger partial charge >= 0.3 is 0 Å². The number of carbonyl (C=O) groups excluding carboxylic acids is 1. The molecular weight excluding hydrogens is 288 g/mol. The molecule has 2 aliphatic rings. The minimum Gasteiger partial charge on any atom is -0.337 e. The molecule has 0 aromatic carbocycles. The number of nitrogens with one attached hydrogen (secondary N) is 1. The Morgan fingerprint density at radius 3 is 2.78 bits per heavy atom. The van der Waals surface area contributed by atoms with Crippen molar-refractivity contribution in [3.63, 3.8) is 0 Å². The van der Waals surface area contributed by atoms with E-state index in [2.05, 4.69) is 24.3 Å². The van der Waals surface area contributed by atoms with E-state index in [-0.39, 0.29) is 5.91 Å². The average Bonchev–Trinajstić information content (AvgIpc) is 3.15. The maximum Gasteiger partial charge on any atom is 0.274 e. The molecular formula is C18H30N4O. The first kappa shape index (κ1) is 16.5. The summed E-state index contributed by atoms with van der Waals surface area (Å²) in [5, 5.41) is 8.25. The molecule has 0 bridgehead atoms. The number of aromatic nitrogens is 2.